The van der Waals surface area contributed by atoms with Crippen molar-refractivity contribution in [2.75, 3.05) is 18.4 Å². The molecule has 118 valence electrons. The first-order valence-electron chi connectivity index (χ1n) is 7.36. The second kappa shape index (κ2) is 6.27. The molecule has 7 heteroatoms. The first-order chi connectivity index (χ1) is 9.79. The number of carbonyl (C=O) groups is 1. The summed E-state index contributed by atoms with van der Waals surface area (Å²) in [6.07, 6.45) is 1.93. The van der Waals surface area contributed by atoms with E-state index in [2.05, 4.69) is 35.4 Å². The molecule has 0 amide bonds. The fourth-order valence-corrected chi connectivity index (χ4v) is 3.27. The van der Waals surface area contributed by atoms with Crippen LogP contribution >= 0.6 is 11.5 Å². The van der Waals surface area contributed by atoms with Crippen LogP contribution in [0.2, 0.25) is 0 Å². The number of hydrogen-bond acceptors (Lipinski definition) is 6. The predicted molar refractivity (Wildman–Crippen MR) is 83.9 cm³/mol. The summed E-state index contributed by atoms with van der Waals surface area (Å²) in [7, 11) is 0. The highest BCUT2D eigenvalue weighted by Crippen LogP contribution is 2.30. The van der Waals surface area contributed by atoms with Crippen LogP contribution in [0.15, 0.2) is 0 Å². The minimum Gasteiger partial charge on any atom is -0.480 e. The van der Waals surface area contributed by atoms with Crippen LogP contribution in [0.3, 0.4) is 0 Å². The van der Waals surface area contributed by atoms with Crippen molar-refractivity contribution in [3.63, 3.8) is 0 Å². The van der Waals surface area contributed by atoms with Gasteiger partial charge in [0.15, 0.2) is 0 Å². The Morgan fingerprint density at radius 3 is 2.62 bits per heavy atom. The topological polar surface area (TPSA) is 78.4 Å². The maximum absolute atomic E-state index is 10.8. The van der Waals surface area contributed by atoms with Gasteiger partial charge in [-0.15, -0.1) is 0 Å². The number of hydrogen-bond donors (Lipinski definition) is 2. The van der Waals surface area contributed by atoms with E-state index in [-0.39, 0.29) is 12.0 Å². The third-order valence-electron chi connectivity index (χ3n) is 3.80. The van der Waals surface area contributed by atoms with Crippen molar-refractivity contribution in [2.45, 2.75) is 58.0 Å². The van der Waals surface area contributed by atoms with E-state index in [1.54, 1.807) is 0 Å². The average Bonchev–Trinajstić information content (AvgIpc) is 2.78. The number of nitrogens with one attached hydrogen (secondary N) is 1. The second-order valence-electron chi connectivity index (χ2n) is 6.60. The average molecular weight is 312 g/mol. The van der Waals surface area contributed by atoms with E-state index in [0.29, 0.717) is 12.1 Å². The molecule has 0 aliphatic heterocycles. The van der Waals surface area contributed by atoms with Crippen molar-refractivity contribution in [1.82, 2.24) is 14.3 Å². The second-order valence-corrected chi connectivity index (χ2v) is 7.35. The molecule has 1 heterocycles. The van der Waals surface area contributed by atoms with E-state index in [1.165, 1.54) is 11.5 Å². The fraction of sp³-hybridized carbons (Fsp3) is 0.786. The lowest BCUT2D eigenvalue weighted by Gasteiger charge is -2.42. The van der Waals surface area contributed by atoms with Gasteiger partial charge in [-0.2, -0.15) is 4.37 Å². The Balaban J connectivity index is 1.82. The lowest BCUT2D eigenvalue weighted by atomic mass is 9.85. The van der Waals surface area contributed by atoms with Gasteiger partial charge in [-0.3, -0.25) is 9.69 Å². The summed E-state index contributed by atoms with van der Waals surface area (Å²) in [5.74, 6) is 0.110. The Kier molecular flexibility index (Phi) is 4.83. The van der Waals surface area contributed by atoms with Crippen molar-refractivity contribution < 1.29 is 9.90 Å². The molecule has 2 rings (SSSR count). The maximum Gasteiger partial charge on any atom is 0.317 e. The van der Waals surface area contributed by atoms with E-state index in [0.717, 1.165) is 30.3 Å². The number of nitrogens with zero attached hydrogens (tertiary/aromatic N) is 3. The number of aliphatic carboxylic acids is 1. The highest BCUT2D eigenvalue weighted by molar-refractivity contribution is 7.09. The molecule has 0 spiro atoms. The summed E-state index contributed by atoms with van der Waals surface area (Å²) in [5, 5.41) is 13.2. The lowest BCUT2D eigenvalue weighted by molar-refractivity contribution is -0.139. The Bertz CT molecular complexity index is 491. The van der Waals surface area contributed by atoms with Crippen molar-refractivity contribution in [3.05, 3.63) is 5.82 Å². The summed E-state index contributed by atoms with van der Waals surface area (Å²) >= 11 is 1.40. The Morgan fingerprint density at radius 1 is 1.48 bits per heavy atom. The van der Waals surface area contributed by atoms with Gasteiger partial charge in [0.05, 0.1) is 6.54 Å². The van der Waals surface area contributed by atoms with Gasteiger partial charge in [-0.25, -0.2) is 4.98 Å². The molecule has 0 atom stereocenters. The standard InChI is InChI=1S/C14H24N4O2S/c1-5-18(8-11(19)20)10-6-9(7-10)15-13-16-12(17-21-13)14(2,3)4/h9-10H,5-8H2,1-4H3,(H,19,20)(H,15,16,17). The molecule has 0 aromatic carbocycles. The quantitative estimate of drug-likeness (QED) is 0.838. The zero-order chi connectivity index (χ0) is 15.6. The van der Waals surface area contributed by atoms with Gasteiger partial charge in [0, 0.05) is 29.0 Å². The van der Waals surface area contributed by atoms with Gasteiger partial charge >= 0.3 is 5.97 Å². The highest BCUT2D eigenvalue weighted by atomic mass is 32.1. The monoisotopic (exact) mass is 312 g/mol. The number of rotatable bonds is 6. The molecule has 0 unspecified atom stereocenters. The minimum absolute atomic E-state index is 0.0287. The number of carboxylic acids is 1. The molecule has 21 heavy (non-hydrogen) atoms. The largest absolute Gasteiger partial charge is 0.480 e. The van der Waals surface area contributed by atoms with Crippen molar-refractivity contribution >= 4 is 22.6 Å². The van der Waals surface area contributed by atoms with E-state index < -0.39 is 5.97 Å². The van der Waals surface area contributed by atoms with Gasteiger partial charge in [0.1, 0.15) is 5.82 Å². The van der Waals surface area contributed by atoms with E-state index in [4.69, 9.17) is 5.11 Å². The SMILES string of the molecule is CCN(CC(=O)O)C1CC(Nc2nc(C(C)(C)C)ns2)C1. The molecule has 1 aromatic rings. The Labute approximate surface area is 129 Å². The summed E-state index contributed by atoms with van der Waals surface area (Å²) in [6.45, 7) is 9.21. The minimum atomic E-state index is -0.757. The number of anilines is 1. The normalized spacial score (nSPS) is 22.1. The molecule has 6 nitrogen and oxygen atoms in total. The van der Waals surface area contributed by atoms with Crippen molar-refractivity contribution in [3.8, 4) is 0 Å². The summed E-state index contributed by atoms with van der Waals surface area (Å²) in [5.41, 5.74) is -0.0287. The zero-order valence-electron chi connectivity index (χ0n) is 13.1. The molecule has 1 aromatic heterocycles. The third-order valence-corrected chi connectivity index (χ3v) is 4.44. The van der Waals surface area contributed by atoms with Gasteiger partial charge in [-0.1, -0.05) is 27.7 Å². The van der Waals surface area contributed by atoms with Crippen LogP contribution in [-0.4, -0.2) is 50.5 Å². The predicted octanol–water partition coefficient (Wildman–Crippen LogP) is 2.18. The smallest absolute Gasteiger partial charge is 0.317 e. The lowest BCUT2D eigenvalue weighted by Crippen LogP contribution is -2.51. The molecular weight excluding hydrogens is 288 g/mol. The highest BCUT2D eigenvalue weighted by Gasteiger charge is 2.34. The fourth-order valence-electron chi connectivity index (χ4n) is 2.44. The Hall–Kier alpha value is -1.21. The van der Waals surface area contributed by atoms with Crippen LogP contribution < -0.4 is 5.32 Å². The number of likely N-dealkylation sites (N-methyl/N-ethyl adjacent to an activating group) is 1. The summed E-state index contributed by atoms with van der Waals surface area (Å²) < 4.78 is 4.39. The Morgan fingerprint density at radius 2 is 2.14 bits per heavy atom. The summed E-state index contributed by atoms with van der Waals surface area (Å²) in [4.78, 5) is 17.4. The van der Waals surface area contributed by atoms with Crippen LogP contribution in [0, 0.1) is 0 Å². The van der Waals surface area contributed by atoms with Gasteiger partial charge in [0.2, 0.25) is 5.13 Å². The maximum atomic E-state index is 10.8. The number of aromatic nitrogens is 2. The first kappa shape index (κ1) is 16.2. The molecule has 1 aliphatic rings. The van der Waals surface area contributed by atoms with Crippen LogP contribution in [0.5, 0.6) is 0 Å². The molecule has 0 bridgehead atoms. The third kappa shape index (κ3) is 4.14. The van der Waals surface area contributed by atoms with Crippen LogP contribution in [0.4, 0.5) is 5.13 Å². The first-order valence-corrected chi connectivity index (χ1v) is 8.13. The van der Waals surface area contributed by atoms with Gasteiger partial charge in [0.25, 0.3) is 0 Å². The van der Waals surface area contributed by atoms with Crippen LogP contribution in [0.1, 0.15) is 46.4 Å². The van der Waals surface area contributed by atoms with E-state index in [9.17, 15) is 4.79 Å². The van der Waals surface area contributed by atoms with Crippen LogP contribution in [-0.2, 0) is 10.2 Å². The molecule has 2 N–H and O–H groups in total. The molecule has 1 saturated carbocycles. The molecule has 0 radical (unpaired) electrons. The van der Waals surface area contributed by atoms with E-state index >= 15 is 0 Å². The van der Waals surface area contributed by atoms with Gasteiger partial charge in [-0.05, 0) is 19.4 Å². The van der Waals surface area contributed by atoms with Crippen molar-refractivity contribution in [2.24, 2.45) is 0 Å². The van der Waals surface area contributed by atoms with Gasteiger partial charge < -0.3 is 10.4 Å². The molecule has 0 saturated heterocycles. The van der Waals surface area contributed by atoms with Crippen molar-refractivity contribution in [1.29, 1.82) is 0 Å². The molecule has 1 fully saturated rings. The molecular formula is C14H24N4O2S. The zero-order valence-corrected chi connectivity index (χ0v) is 13.9. The summed E-state index contributed by atoms with van der Waals surface area (Å²) in [6, 6.07) is 0.734. The van der Waals surface area contributed by atoms with Crippen LogP contribution in [0.25, 0.3) is 0 Å². The van der Waals surface area contributed by atoms with E-state index in [1.807, 2.05) is 11.8 Å². The molecule has 1 aliphatic carbocycles. The number of carboxylic acid groups (broad SMARTS) is 1.